The largest absolute Gasteiger partial charge is 0.396 e. The van der Waals surface area contributed by atoms with E-state index in [9.17, 15) is 8.78 Å². The first-order chi connectivity index (χ1) is 14.6. The third kappa shape index (κ3) is 4.69. The van der Waals surface area contributed by atoms with Gasteiger partial charge in [0.1, 0.15) is 11.6 Å². The van der Waals surface area contributed by atoms with Gasteiger partial charge in [-0.2, -0.15) is 0 Å². The average molecular weight is 408 g/mol. The molecule has 1 aliphatic heterocycles. The lowest BCUT2D eigenvalue weighted by Crippen LogP contribution is -2.48. The Kier molecular flexibility index (Phi) is 6.41. The molecule has 0 bridgehead atoms. The standard InChI is InChI=1S/C25H26F2N2O/c26-22-7-3-20(4-8-22)25(21-5-9-23(27)10-6-21)29-16-14-28(15-17-29)24-11-1-19(2-12-24)13-18-30/h1-12,25,30H,13-18H2. The highest BCUT2D eigenvalue weighted by atomic mass is 19.1. The van der Waals surface area contributed by atoms with Gasteiger partial charge < -0.3 is 10.0 Å². The number of hydrogen-bond donors (Lipinski definition) is 1. The molecule has 156 valence electrons. The van der Waals surface area contributed by atoms with E-state index in [1.165, 1.54) is 30.0 Å². The van der Waals surface area contributed by atoms with Crippen molar-refractivity contribution < 1.29 is 13.9 Å². The van der Waals surface area contributed by atoms with Crippen LogP contribution in [0.4, 0.5) is 14.5 Å². The highest BCUT2D eigenvalue weighted by Crippen LogP contribution is 2.31. The quantitative estimate of drug-likeness (QED) is 0.655. The van der Waals surface area contributed by atoms with Crippen LogP contribution in [-0.4, -0.2) is 42.8 Å². The molecule has 4 rings (SSSR count). The molecule has 0 saturated carbocycles. The molecule has 1 N–H and O–H groups in total. The van der Waals surface area contributed by atoms with E-state index < -0.39 is 0 Å². The minimum Gasteiger partial charge on any atom is -0.396 e. The van der Waals surface area contributed by atoms with Gasteiger partial charge >= 0.3 is 0 Å². The summed E-state index contributed by atoms with van der Waals surface area (Å²) < 4.78 is 27.0. The molecule has 0 aromatic heterocycles. The zero-order chi connectivity index (χ0) is 20.9. The maximum Gasteiger partial charge on any atom is 0.123 e. The second-order valence-corrected chi connectivity index (χ2v) is 7.67. The number of anilines is 1. The van der Waals surface area contributed by atoms with Crippen LogP contribution in [0.15, 0.2) is 72.8 Å². The first-order valence-corrected chi connectivity index (χ1v) is 10.3. The SMILES string of the molecule is OCCc1ccc(N2CCN(C(c3ccc(F)cc3)c3ccc(F)cc3)CC2)cc1. The van der Waals surface area contributed by atoms with Crippen molar-refractivity contribution in [2.24, 2.45) is 0 Å². The molecule has 0 atom stereocenters. The van der Waals surface area contributed by atoms with Crippen molar-refractivity contribution in [3.63, 3.8) is 0 Å². The molecule has 0 radical (unpaired) electrons. The summed E-state index contributed by atoms with van der Waals surface area (Å²) in [6.45, 7) is 3.60. The fourth-order valence-corrected chi connectivity index (χ4v) is 4.15. The molecular formula is C25H26F2N2O. The fraction of sp³-hybridized carbons (Fsp3) is 0.280. The van der Waals surface area contributed by atoms with Gasteiger partial charge in [0.2, 0.25) is 0 Å². The van der Waals surface area contributed by atoms with E-state index in [1.807, 2.05) is 24.3 Å². The molecule has 1 saturated heterocycles. The highest BCUT2D eigenvalue weighted by molar-refractivity contribution is 5.48. The van der Waals surface area contributed by atoms with Crippen LogP contribution in [-0.2, 0) is 6.42 Å². The molecule has 0 aliphatic carbocycles. The molecule has 3 aromatic rings. The van der Waals surface area contributed by atoms with E-state index in [-0.39, 0.29) is 24.3 Å². The van der Waals surface area contributed by atoms with Crippen LogP contribution in [0.2, 0.25) is 0 Å². The molecular weight excluding hydrogens is 382 g/mol. The number of benzene rings is 3. The summed E-state index contributed by atoms with van der Waals surface area (Å²) in [7, 11) is 0. The van der Waals surface area contributed by atoms with Gasteiger partial charge in [0.15, 0.2) is 0 Å². The van der Waals surface area contributed by atoms with Crippen molar-refractivity contribution >= 4 is 5.69 Å². The number of rotatable bonds is 6. The zero-order valence-corrected chi connectivity index (χ0v) is 16.8. The Bertz CT molecular complexity index is 889. The Hall–Kier alpha value is -2.76. The van der Waals surface area contributed by atoms with Gasteiger partial charge in [0.25, 0.3) is 0 Å². The first-order valence-electron chi connectivity index (χ1n) is 10.3. The van der Waals surface area contributed by atoms with Crippen molar-refractivity contribution in [2.75, 3.05) is 37.7 Å². The number of aliphatic hydroxyl groups excluding tert-OH is 1. The van der Waals surface area contributed by atoms with Crippen molar-refractivity contribution in [1.29, 1.82) is 0 Å². The van der Waals surface area contributed by atoms with E-state index in [1.54, 1.807) is 0 Å². The summed E-state index contributed by atoms with van der Waals surface area (Å²) in [4.78, 5) is 4.72. The maximum absolute atomic E-state index is 13.5. The van der Waals surface area contributed by atoms with Crippen LogP contribution < -0.4 is 4.90 Å². The Labute approximate surface area is 176 Å². The number of aliphatic hydroxyl groups is 1. The van der Waals surface area contributed by atoms with Gasteiger partial charge in [-0.15, -0.1) is 0 Å². The molecule has 0 spiro atoms. The molecule has 3 aromatic carbocycles. The second kappa shape index (κ2) is 9.37. The van der Waals surface area contributed by atoms with Gasteiger partial charge in [-0.1, -0.05) is 36.4 Å². The van der Waals surface area contributed by atoms with E-state index in [2.05, 4.69) is 34.1 Å². The molecule has 0 unspecified atom stereocenters. The first kappa shape index (κ1) is 20.5. The monoisotopic (exact) mass is 408 g/mol. The van der Waals surface area contributed by atoms with Gasteiger partial charge in [0.05, 0.1) is 6.04 Å². The summed E-state index contributed by atoms with van der Waals surface area (Å²) in [6.07, 6.45) is 0.672. The number of hydrogen-bond acceptors (Lipinski definition) is 3. The minimum absolute atomic E-state index is 0.0414. The Morgan fingerprint density at radius 2 is 1.20 bits per heavy atom. The topological polar surface area (TPSA) is 26.7 Å². The molecule has 0 amide bonds. The van der Waals surface area contributed by atoms with Crippen LogP contribution in [0.3, 0.4) is 0 Å². The van der Waals surface area contributed by atoms with Crippen LogP contribution >= 0.6 is 0 Å². The molecule has 1 heterocycles. The third-order valence-corrected chi connectivity index (χ3v) is 5.75. The molecule has 1 fully saturated rings. The van der Waals surface area contributed by atoms with Crippen molar-refractivity contribution in [3.05, 3.63) is 101 Å². The van der Waals surface area contributed by atoms with Crippen LogP contribution in [0.25, 0.3) is 0 Å². The van der Waals surface area contributed by atoms with Crippen molar-refractivity contribution in [2.45, 2.75) is 12.5 Å². The number of halogens is 2. The predicted molar refractivity (Wildman–Crippen MR) is 116 cm³/mol. The summed E-state index contributed by atoms with van der Waals surface area (Å²) in [5.74, 6) is -0.517. The molecule has 5 heteroatoms. The summed E-state index contributed by atoms with van der Waals surface area (Å²) in [5, 5.41) is 9.08. The van der Waals surface area contributed by atoms with Crippen molar-refractivity contribution in [3.8, 4) is 0 Å². The van der Waals surface area contributed by atoms with Gasteiger partial charge in [-0.25, -0.2) is 8.78 Å². The van der Waals surface area contributed by atoms with Crippen LogP contribution in [0.1, 0.15) is 22.7 Å². The van der Waals surface area contributed by atoms with E-state index >= 15 is 0 Å². The summed E-state index contributed by atoms with van der Waals surface area (Å²) in [5.41, 5.74) is 4.32. The maximum atomic E-state index is 13.5. The van der Waals surface area contributed by atoms with Gasteiger partial charge in [0, 0.05) is 38.5 Å². The lowest BCUT2D eigenvalue weighted by atomic mass is 9.96. The number of piperazine rings is 1. The van der Waals surface area contributed by atoms with E-state index in [0.29, 0.717) is 6.42 Å². The predicted octanol–water partition coefficient (Wildman–Crippen LogP) is 4.41. The lowest BCUT2D eigenvalue weighted by molar-refractivity contribution is 0.212. The van der Waals surface area contributed by atoms with E-state index in [0.717, 1.165) is 42.9 Å². The number of nitrogens with zero attached hydrogens (tertiary/aromatic N) is 2. The third-order valence-electron chi connectivity index (χ3n) is 5.75. The molecule has 1 aliphatic rings. The van der Waals surface area contributed by atoms with Crippen LogP contribution in [0, 0.1) is 11.6 Å². The van der Waals surface area contributed by atoms with Gasteiger partial charge in [-0.05, 0) is 59.5 Å². The minimum atomic E-state index is -0.258. The van der Waals surface area contributed by atoms with Gasteiger partial charge in [-0.3, -0.25) is 4.90 Å². The summed E-state index contributed by atoms with van der Waals surface area (Å²) in [6, 6.07) is 21.5. The Morgan fingerprint density at radius 3 is 1.67 bits per heavy atom. The zero-order valence-electron chi connectivity index (χ0n) is 16.8. The van der Waals surface area contributed by atoms with Crippen LogP contribution in [0.5, 0.6) is 0 Å². The lowest BCUT2D eigenvalue weighted by Gasteiger charge is -2.40. The molecule has 3 nitrogen and oxygen atoms in total. The smallest absolute Gasteiger partial charge is 0.123 e. The highest BCUT2D eigenvalue weighted by Gasteiger charge is 2.26. The second-order valence-electron chi connectivity index (χ2n) is 7.67. The summed E-state index contributed by atoms with van der Waals surface area (Å²) >= 11 is 0. The normalized spacial score (nSPS) is 15.0. The van der Waals surface area contributed by atoms with E-state index in [4.69, 9.17) is 5.11 Å². The van der Waals surface area contributed by atoms with Crippen molar-refractivity contribution in [1.82, 2.24) is 4.90 Å². The Morgan fingerprint density at radius 1 is 0.700 bits per heavy atom. The fourth-order valence-electron chi connectivity index (χ4n) is 4.15. The molecule has 30 heavy (non-hydrogen) atoms. The Balaban J connectivity index is 1.51. The average Bonchev–Trinajstić information content (AvgIpc) is 2.78.